The molecule has 15 heavy (non-hydrogen) atoms. The van der Waals surface area contributed by atoms with Gasteiger partial charge < -0.3 is 4.74 Å². The van der Waals surface area contributed by atoms with E-state index in [1.54, 1.807) is 17.7 Å². The predicted octanol–water partition coefficient (Wildman–Crippen LogP) is 2.12. The van der Waals surface area contributed by atoms with Gasteiger partial charge in [-0.3, -0.25) is 4.68 Å². The highest BCUT2D eigenvalue weighted by Crippen LogP contribution is 2.17. The molecular weight excluding hydrogens is 192 g/mol. The van der Waals surface area contributed by atoms with Crippen LogP contribution in [0.25, 0.3) is 0 Å². The van der Waals surface area contributed by atoms with E-state index in [0.29, 0.717) is 12.3 Å². The van der Waals surface area contributed by atoms with Crippen LogP contribution in [0.4, 0.5) is 0 Å². The van der Waals surface area contributed by atoms with Crippen LogP contribution in [-0.2, 0) is 10.3 Å². The van der Waals surface area contributed by atoms with Gasteiger partial charge in [-0.15, -0.1) is 0 Å². The summed E-state index contributed by atoms with van der Waals surface area (Å²) in [6, 6.07) is 1.75. The van der Waals surface area contributed by atoms with Crippen LogP contribution in [0.3, 0.4) is 0 Å². The van der Waals surface area contributed by atoms with Crippen molar-refractivity contribution in [1.82, 2.24) is 9.78 Å². The Morgan fingerprint density at radius 3 is 2.60 bits per heavy atom. The maximum absolute atomic E-state index is 11.6. The van der Waals surface area contributed by atoms with Gasteiger partial charge in [0.1, 0.15) is 5.69 Å². The fourth-order valence-corrected chi connectivity index (χ4v) is 1.36. The smallest absolute Gasteiger partial charge is 0.356 e. The number of hydrogen-bond acceptors (Lipinski definition) is 3. The number of aryl methyl sites for hydroxylation is 1. The lowest BCUT2D eigenvalue weighted by molar-refractivity contribution is 0.0503. The Morgan fingerprint density at radius 1 is 1.53 bits per heavy atom. The zero-order valence-electron chi connectivity index (χ0n) is 10.00. The second-order valence-electron chi connectivity index (χ2n) is 4.47. The summed E-state index contributed by atoms with van der Waals surface area (Å²) in [6.45, 7) is 10.0. The normalized spacial score (nSPS) is 11.5. The van der Waals surface area contributed by atoms with Crippen LogP contribution < -0.4 is 0 Å². The molecule has 0 amide bonds. The Hall–Kier alpha value is -1.32. The molecule has 84 valence electrons. The van der Waals surface area contributed by atoms with Gasteiger partial charge in [0.25, 0.3) is 0 Å². The Bertz CT molecular complexity index is 361. The summed E-state index contributed by atoms with van der Waals surface area (Å²) in [5, 5.41) is 4.30. The first kappa shape index (κ1) is 11.8. The minimum absolute atomic E-state index is 0.212. The van der Waals surface area contributed by atoms with Crippen molar-refractivity contribution in [1.29, 1.82) is 0 Å². The van der Waals surface area contributed by atoms with Crippen molar-refractivity contribution >= 4 is 5.97 Å². The summed E-state index contributed by atoms with van der Waals surface area (Å²) < 4.78 is 6.69. The lowest BCUT2D eigenvalue weighted by atomic mass is 10.1. The Labute approximate surface area is 90.2 Å². The number of nitrogens with zero attached hydrogens (tertiary/aromatic N) is 2. The first-order valence-corrected chi connectivity index (χ1v) is 5.10. The predicted molar refractivity (Wildman–Crippen MR) is 57.9 cm³/mol. The minimum Gasteiger partial charge on any atom is -0.461 e. The fraction of sp³-hybridized carbons (Fsp3) is 0.636. The second kappa shape index (κ2) is 4.04. The zero-order valence-corrected chi connectivity index (χ0v) is 10.00. The van der Waals surface area contributed by atoms with Crippen molar-refractivity contribution in [2.24, 2.45) is 0 Å². The van der Waals surface area contributed by atoms with Gasteiger partial charge in [0, 0.05) is 0 Å². The number of ether oxygens (including phenoxy) is 1. The third kappa shape index (κ3) is 2.58. The molecule has 0 bridgehead atoms. The van der Waals surface area contributed by atoms with E-state index < -0.39 is 0 Å². The maximum atomic E-state index is 11.6. The largest absolute Gasteiger partial charge is 0.461 e. The van der Waals surface area contributed by atoms with Crippen LogP contribution in [0.1, 0.15) is 43.9 Å². The van der Waals surface area contributed by atoms with Crippen molar-refractivity contribution < 1.29 is 9.53 Å². The Balaban J connectivity index is 3.12. The highest BCUT2D eigenvalue weighted by Gasteiger charge is 2.23. The fourth-order valence-electron chi connectivity index (χ4n) is 1.36. The molecule has 0 aromatic carbocycles. The van der Waals surface area contributed by atoms with Crippen LogP contribution in [-0.4, -0.2) is 22.4 Å². The molecule has 4 nitrogen and oxygen atoms in total. The molecule has 1 heterocycles. The van der Waals surface area contributed by atoms with E-state index in [0.717, 1.165) is 5.69 Å². The number of carbonyl (C=O) groups is 1. The molecule has 0 spiro atoms. The summed E-state index contributed by atoms with van der Waals surface area (Å²) in [6.07, 6.45) is 0. The molecule has 0 saturated heterocycles. The summed E-state index contributed by atoms with van der Waals surface area (Å²) in [7, 11) is 0. The first-order chi connectivity index (χ1) is 6.86. The molecule has 1 rings (SSSR count). The third-order valence-electron chi connectivity index (χ3n) is 1.95. The van der Waals surface area contributed by atoms with Crippen LogP contribution in [0.2, 0.25) is 0 Å². The molecule has 0 fully saturated rings. The SMILES string of the molecule is CCOC(=O)c1cc(C)nn1C(C)(C)C. The molecule has 0 aliphatic rings. The molecule has 0 aliphatic carbocycles. The molecule has 0 atom stereocenters. The topological polar surface area (TPSA) is 44.1 Å². The van der Waals surface area contributed by atoms with Crippen molar-refractivity contribution in [2.75, 3.05) is 6.61 Å². The third-order valence-corrected chi connectivity index (χ3v) is 1.95. The molecule has 0 radical (unpaired) electrons. The van der Waals surface area contributed by atoms with Crippen LogP contribution in [0, 0.1) is 6.92 Å². The number of esters is 1. The van der Waals surface area contributed by atoms with Gasteiger partial charge in [0.15, 0.2) is 0 Å². The van der Waals surface area contributed by atoms with Crippen LogP contribution in [0.5, 0.6) is 0 Å². The molecule has 1 aromatic rings. The monoisotopic (exact) mass is 210 g/mol. The van der Waals surface area contributed by atoms with E-state index in [2.05, 4.69) is 5.10 Å². The molecule has 0 aliphatic heterocycles. The van der Waals surface area contributed by atoms with Gasteiger partial charge in [0.2, 0.25) is 0 Å². The van der Waals surface area contributed by atoms with Crippen molar-refractivity contribution in [3.8, 4) is 0 Å². The zero-order chi connectivity index (χ0) is 11.6. The molecular formula is C11H18N2O2. The van der Waals surface area contributed by atoms with Gasteiger partial charge in [-0.05, 0) is 40.7 Å². The molecule has 0 N–H and O–H groups in total. The van der Waals surface area contributed by atoms with Gasteiger partial charge in [-0.1, -0.05) is 0 Å². The summed E-state index contributed by atoms with van der Waals surface area (Å²) in [5.74, 6) is -0.312. The van der Waals surface area contributed by atoms with E-state index >= 15 is 0 Å². The number of rotatable bonds is 2. The average molecular weight is 210 g/mol. The maximum Gasteiger partial charge on any atom is 0.356 e. The lowest BCUT2D eigenvalue weighted by Crippen LogP contribution is -2.27. The van der Waals surface area contributed by atoms with Crippen LogP contribution >= 0.6 is 0 Å². The van der Waals surface area contributed by atoms with Crippen molar-refractivity contribution in [2.45, 2.75) is 40.2 Å². The Kier molecular flexibility index (Phi) is 3.17. The van der Waals surface area contributed by atoms with Gasteiger partial charge in [0.05, 0.1) is 17.8 Å². The van der Waals surface area contributed by atoms with E-state index in [1.165, 1.54) is 0 Å². The molecule has 4 heteroatoms. The van der Waals surface area contributed by atoms with E-state index in [9.17, 15) is 4.79 Å². The standard InChI is InChI=1S/C11H18N2O2/c1-6-15-10(14)9-7-8(2)12-13(9)11(3,4)5/h7H,6H2,1-5H3. The average Bonchev–Trinajstić information content (AvgIpc) is 2.47. The highest BCUT2D eigenvalue weighted by molar-refractivity contribution is 5.87. The number of aromatic nitrogens is 2. The second-order valence-corrected chi connectivity index (χ2v) is 4.47. The minimum atomic E-state index is -0.312. The van der Waals surface area contributed by atoms with Crippen molar-refractivity contribution in [3.05, 3.63) is 17.5 Å². The van der Waals surface area contributed by atoms with Crippen LogP contribution in [0.15, 0.2) is 6.07 Å². The molecule has 0 saturated carbocycles. The van der Waals surface area contributed by atoms with E-state index in [4.69, 9.17) is 4.74 Å². The number of hydrogen-bond donors (Lipinski definition) is 0. The van der Waals surface area contributed by atoms with E-state index in [1.807, 2.05) is 27.7 Å². The van der Waals surface area contributed by atoms with E-state index in [-0.39, 0.29) is 11.5 Å². The lowest BCUT2D eigenvalue weighted by Gasteiger charge is -2.21. The first-order valence-electron chi connectivity index (χ1n) is 5.10. The quantitative estimate of drug-likeness (QED) is 0.702. The highest BCUT2D eigenvalue weighted by atomic mass is 16.5. The number of carbonyl (C=O) groups excluding carboxylic acids is 1. The van der Waals surface area contributed by atoms with Crippen molar-refractivity contribution in [3.63, 3.8) is 0 Å². The Morgan fingerprint density at radius 2 is 2.13 bits per heavy atom. The molecule has 1 aromatic heterocycles. The summed E-state index contributed by atoms with van der Waals surface area (Å²) >= 11 is 0. The summed E-state index contributed by atoms with van der Waals surface area (Å²) in [5.41, 5.74) is 1.13. The molecule has 0 unspecified atom stereocenters. The summed E-state index contributed by atoms with van der Waals surface area (Å²) in [4.78, 5) is 11.6. The van der Waals surface area contributed by atoms with Gasteiger partial charge >= 0.3 is 5.97 Å². The van der Waals surface area contributed by atoms with Gasteiger partial charge in [-0.25, -0.2) is 4.79 Å². The van der Waals surface area contributed by atoms with Gasteiger partial charge in [-0.2, -0.15) is 5.10 Å².